The number of rotatable bonds is 5. The number of hydrogen-bond donors (Lipinski definition) is 1. The molecule has 148 valence electrons. The van der Waals surface area contributed by atoms with Gasteiger partial charge in [-0.2, -0.15) is 0 Å². The van der Waals surface area contributed by atoms with E-state index in [9.17, 15) is 4.79 Å². The first-order valence-electron chi connectivity index (χ1n) is 9.74. The summed E-state index contributed by atoms with van der Waals surface area (Å²) in [7, 11) is 0. The van der Waals surface area contributed by atoms with Crippen molar-refractivity contribution in [2.24, 2.45) is 0 Å². The van der Waals surface area contributed by atoms with Crippen LogP contribution in [-0.2, 0) is 20.7 Å². The Morgan fingerprint density at radius 2 is 1.78 bits per heavy atom. The lowest BCUT2D eigenvalue weighted by Gasteiger charge is -2.53. The quantitative estimate of drug-likeness (QED) is 0.804. The van der Waals surface area contributed by atoms with E-state index in [-0.39, 0.29) is 17.2 Å². The molecule has 3 fully saturated rings. The molecule has 7 heteroatoms. The number of carbonyl (C=O) groups is 1. The summed E-state index contributed by atoms with van der Waals surface area (Å²) in [6.07, 6.45) is 5.30. The first-order chi connectivity index (χ1) is 13.0. The van der Waals surface area contributed by atoms with Gasteiger partial charge in [0.25, 0.3) is 0 Å². The van der Waals surface area contributed by atoms with Gasteiger partial charge in [0.15, 0.2) is 5.79 Å². The van der Waals surface area contributed by atoms with Crippen molar-refractivity contribution < 1.29 is 14.3 Å². The predicted molar refractivity (Wildman–Crippen MR) is 105 cm³/mol. The number of hydrogen-bond acceptors (Lipinski definition) is 4. The van der Waals surface area contributed by atoms with Gasteiger partial charge in [-0.3, -0.25) is 9.69 Å². The molecule has 1 aromatic rings. The van der Waals surface area contributed by atoms with E-state index in [0.29, 0.717) is 36.2 Å². The van der Waals surface area contributed by atoms with Crippen molar-refractivity contribution in [3.8, 4) is 0 Å². The van der Waals surface area contributed by atoms with Crippen molar-refractivity contribution in [3.63, 3.8) is 0 Å². The molecule has 3 aliphatic rings. The monoisotopic (exact) mass is 412 g/mol. The van der Waals surface area contributed by atoms with E-state index >= 15 is 0 Å². The first-order valence-corrected chi connectivity index (χ1v) is 10.5. The SMILES string of the molecule is O=C(Cc1ccc(Cl)c(Cl)c1)NCC1(N2CCC2)CCC2(CC1)OCCO2. The van der Waals surface area contributed by atoms with Gasteiger partial charge in [0.05, 0.1) is 29.7 Å². The number of likely N-dealkylation sites (tertiary alicyclic amines) is 1. The van der Waals surface area contributed by atoms with Crippen molar-refractivity contribution in [1.29, 1.82) is 0 Å². The topological polar surface area (TPSA) is 50.8 Å². The Morgan fingerprint density at radius 1 is 1.07 bits per heavy atom. The van der Waals surface area contributed by atoms with Crippen LogP contribution in [-0.4, -0.2) is 55.0 Å². The average Bonchev–Trinajstić information content (AvgIpc) is 3.06. The molecule has 5 nitrogen and oxygen atoms in total. The minimum absolute atomic E-state index is 0.0157. The van der Waals surface area contributed by atoms with E-state index in [1.54, 1.807) is 12.1 Å². The summed E-state index contributed by atoms with van der Waals surface area (Å²) >= 11 is 12.0. The molecule has 1 aromatic carbocycles. The number of benzene rings is 1. The summed E-state index contributed by atoms with van der Waals surface area (Å²) in [5.74, 6) is -0.361. The number of ether oxygens (including phenoxy) is 2. The van der Waals surface area contributed by atoms with Crippen molar-refractivity contribution in [2.75, 3.05) is 32.8 Å². The number of amides is 1. The van der Waals surface area contributed by atoms with E-state index in [1.807, 2.05) is 6.07 Å². The first kappa shape index (κ1) is 19.5. The number of nitrogens with one attached hydrogen (secondary N) is 1. The molecule has 2 heterocycles. The van der Waals surface area contributed by atoms with Gasteiger partial charge in [-0.15, -0.1) is 0 Å². The van der Waals surface area contributed by atoms with Crippen LogP contribution in [0, 0.1) is 0 Å². The zero-order chi connectivity index (χ0) is 18.9. The molecule has 4 rings (SSSR count). The second-order valence-corrected chi connectivity index (χ2v) is 8.69. The summed E-state index contributed by atoms with van der Waals surface area (Å²) in [4.78, 5) is 15.0. The third-order valence-electron chi connectivity index (χ3n) is 6.25. The molecule has 0 aromatic heterocycles. The van der Waals surface area contributed by atoms with Crippen LogP contribution in [0.1, 0.15) is 37.7 Å². The fraction of sp³-hybridized carbons (Fsp3) is 0.650. The van der Waals surface area contributed by atoms with E-state index in [4.69, 9.17) is 32.7 Å². The van der Waals surface area contributed by atoms with Crippen LogP contribution in [0.25, 0.3) is 0 Å². The average molecular weight is 413 g/mol. The Balaban J connectivity index is 1.36. The standard InChI is InChI=1S/C20H26Cl2N2O3/c21-16-3-2-15(12-17(16)22)13-18(25)23-14-19(24-8-1-9-24)4-6-20(7-5-19)26-10-11-27-20/h2-3,12H,1,4-11,13-14H2,(H,23,25). The molecular weight excluding hydrogens is 387 g/mol. The zero-order valence-corrected chi connectivity index (χ0v) is 16.9. The van der Waals surface area contributed by atoms with Crippen molar-refractivity contribution >= 4 is 29.1 Å². The van der Waals surface area contributed by atoms with Crippen LogP contribution in [0.2, 0.25) is 10.0 Å². The molecule has 27 heavy (non-hydrogen) atoms. The van der Waals surface area contributed by atoms with Crippen molar-refractivity contribution in [3.05, 3.63) is 33.8 Å². The smallest absolute Gasteiger partial charge is 0.224 e. The van der Waals surface area contributed by atoms with Crippen LogP contribution in [0.4, 0.5) is 0 Å². The lowest BCUT2D eigenvalue weighted by molar-refractivity contribution is -0.197. The van der Waals surface area contributed by atoms with Crippen molar-refractivity contribution in [1.82, 2.24) is 10.2 Å². The lowest BCUT2D eigenvalue weighted by Crippen LogP contribution is -2.63. The van der Waals surface area contributed by atoms with Gasteiger partial charge < -0.3 is 14.8 Å². The minimum Gasteiger partial charge on any atom is -0.354 e. The van der Waals surface area contributed by atoms with Gasteiger partial charge >= 0.3 is 0 Å². The summed E-state index contributed by atoms with van der Waals surface area (Å²) in [6, 6.07) is 5.34. The van der Waals surface area contributed by atoms with Crippen LogP contribution in [0.5, 0.6) is 0 Å². The second-order valence-electron chi connectivity index (χ2n) is 7.87. The third kappa shape index (κ3) is 4.13. The molecule has 0 radical (unpaired) electrons. The normalized spacial score (nSPS) is 23.9. The fourth-order valence-electron chi connectivity index (χ4n) is 4.44. The summed E-state index contributed by atoms with van der Waals surface area (Å²) in [5.41, 5.74) is 0.891. The molecular formula is C20H26Cl2N2O3. The number of nitrogens with zero attached hydrogens (tertiary/aromatic N) is 1. The van der Waals surface area contributed by atoms with E-state index < -0.39 is 0 Å². The summed E-state index contributed by atoms with van der Waals surface area (Å²) in [5, 5.41) is 4.15. The molecule has 0 bridgehead atoms. The molecule has 1 amide bonds. The molecule has 0 atom stereocenters. The van der Waals surface area contributed by atoms with E-state index in [0.717, 1.165) is 44.3 Å². The summed E-state index contributed by atoms with van der Waals surface area (Å²) in [6.45, 7) is 4.27. The second kappa shape index (κ2) is 7.88. The Kier molecular flexibility index (Phi) is 5.68. The predicted octanol–water partition coefficient (Wildman–Crippen LogP) is 3.41. The molecule has 2 saturated heterocycles. The van der Waals surface area contributed by atoms with Crippen LogP contribution < -0.4 is 5.32 Å². The van der Waals surface area contributed by atoms with Gasteiger partial charge in [-0.1, -0.05) is 29.3 Å². The van der Waals surface area contributed by atoms with Crippen LogP contribution in [0.3, 0.4) is 0 Å². The summed E-state index contributed by atoms with van der Waals surface area (Å²) < 4.78 is 11.8. The van der Waals surface area contributed by atoms with Gasteiger partial charge in [-0.25, -0.2) is 0 Å². The van der Waals surface area contributed by atoms with Gasteiger partial charge in [0.2, 0.25) is 5.91 Å². The Morgan fingerprint density at radius 3 is 2.37 bits per heavy atom. The third-order valence-corrected chi connectivity index (χ3v) is 6.99. The highest BCUT2D eigenvalue weighted by Crippen LogP contribution is 2.44. The van der Waals surface area contributed by atoms with Crippen LogP contribution in [0.15, 0.2) is 18.2 Å². The van der Waals surface area contributed by atoms with Gasteiger partial charge in [-0.05, 0) is 50.0 Å². The maximum atomic E-state index is 12.5. The Bertz CT molecular complexity index is 692. The van der Waals surface area contributed by atoms with E-state index in [2.05, 4.69) is 10.2 Å². The maximum Gasteiger partial charge on any atom is 0.224 e. The lowest BCUT2D eigenvalue weighted by atomic mass is 9.76. The molecule has 1 N–H and O–H groups in total. The van der Waals surface area contributed by atoms with Gasteiger partial charge in [0.1, 0.15) is 0 Å². The molecule has 1 saturated carbocycles. The van der Waals surface area contributed by atoms with Crippen LogP contribution >= 0.6 is 23.2 Å². The number of halogens is 2. The molecule has 2 aliphatic heterocycles. The van der Waals surface area contributed by atoms with E-state index in [1.165, 1.54) is 6.42 Å². The number of carbonyl (C=O) groups excluding carboxylic acids is 1. The minimum atomic E-state index is -0.377. The highest BCUT2D eigenvalue weighted by atomic mass is 35.5. The van der Waals surface area contributed by atoms with Crippen molar-refractivity contribution in [2.45, 2.75) is 49.9 Å². The Labute approximate surface area is 170 Å². The largest absolute Gasteiger partial charge is 0.354 e. The zero-order valence-electron chi connectivity index (χ0n) is 15.4. The highest BCUT2D eigenvalue weighted by molar-refractivity contribution is 6.42. The fourth-order valence-corrected chi connectivity index (χ4v) is 4.76. The van der Waals surface area contributed by atoms with Gasteiger partial charge in [0, 0.05) is 24.9 Å². The maximum absolute atomic E-state index is 12.5. The molecule has 0 unspecified atom stereocenters. The molecule has 1 spiro atoms. The Hall–Kier alpha value is -0.850. The molecule has 1 aliphatic carbocycles. The highest BCUT2D eigenvalue weighted by Gasteiger charge is 2.49.